The fourth-order valence-electron chi connectivity index (χ4n) is 8.97. The van der Waals surface area contributed by atoms with E-state index < -0.39 is 35.7 Å². The van der Waals surface area contributed by atoms with E-state index in [4.69, 9.17) is 19.2 Å². The number of nitrogens with one attached hydrogen (secondary N) is 1. The minimum absolute atomic E-state index is 0.0225. The number of benzene rings is 7. The summed E-state index contributed by atoms with van der Waals surface area (Å²) in [7, 11) is 0. The molecule has 1 fully saturated rings. The summed E-state index contributed by atoms with van der Waals surface area (Å²) in [4.78, 5) is 26.9. The number of ether oxygens (including phenoxy) is 3. The number of amides is 1. The van der Waals surface area contributed by atoms with Gasteiger partial charge in [0, 0.05) is 5.56 Å². The molecule has 9 aromatic rings. The lowest BCUT2D eigenvalue weighted by Gasteiger charge is -2.41. The molecule has 10 heteroatoms. The van der Waals surface area contributed by atoms with Crippen LogP contribution in [0.25, 0.3) is 11.2 Å². The summed E-state index contributed by atoms with van der Waals surface area (Å²) in [6.45, 7) is -0.0225. The molecule has 10 nitrogen and oxygen atoms in total. The highest BCUT2D eigenvalue weighted by atomic mass is 16.6. The molecule has 2 N–H and O–H groups in total. The Bertz CT molecular complexity index is 2770. The van der Waals surface area contributed by atoms with Crippen LogP contribution in [0.3, 0.4) is 0 Å². The van der Waals surface area contributed by atoms with Crippen molar-refractivity contribution in [2.45, 2.75) is 35.7 Å². The molecule has 320 valence electrons. The molecule has 0 spiro atoms. The molecular weight excluding hydrogens is 811 g/mol. The highest BCUT2D eigenvalue weighted by molar-refractivity contribution is 6.03. The molecule has 1 saturated heterocycles. The Hall–Kier alpha value is -7.60. The zero-order valence-corrected chi connectivity index (χ0v) is 35.2. The molecule has 1 aliphatic heterocycles. The van der Waals surface area contributed by atoms with Gasteiger partial charge in [0.25, 0.3) is 5.91 Å². The summed E-state index contributed by atoms with van der Waals surface area (Å²) in [6.07, 6.45) is -1.15. The first-order valence-corrected chi connectivity index (χ1v) is 21.6. The van der Waals surface area contributed by atoms with E-state index >= 15 is 0 Å². The van der Waals surface area contributed by atoms with E-state index in [1.54, 1.807) is 35.2 Å². The molecule has 10 rings (SSSR count). The maximum atomic E-state index is 13.2. The van der Waals surface area contributed by atoms with Gasteiger partial charge in [-0.15, -0.1) is 0 Å². The quantitative estimate of drug-likeness (QED) is 0.104. The van der Waals surface area contributed by atoms with E-state index in [0.717, 1.165) is 33.4 Å². The number of aliphatic hydroxyl groups excluding tert-OH is 1. The maximum absolute atomic E-state index is 13.2. The maximum Gasteiger partial charge on any atom is 0.258 e. The normalized spacial score (nSPS) is 17.5. The fourth-order valence-corrected chi connectivity index (χ4v) is 8.97. The number of carbonyl (C=O) groups excluding carboxylic acids is 1. The van der Waals surface area contributed by atoms with Crippen LogP contribution >= 0.6 is 0 Å². The van der Waals surface area contributed by atoms with Crippen LogP contribution in [0.2, 0.25) is 0 Å². The van der Waals surface area contributed by atoms with Crippen LogP contribution in [0.5, 0.6) is 0 Å². The third-order valence-corrected chi connectivity index (χ3v) is 12.0. The number of anilines is 1. The number of imidazole rings is 1. The van der Waals surface area contributed by atoms with E-state index in [-0.39, 0.29) is 18.5 Å². The van der Waals surface area contributed by atoms with Crippen molar-refractivity contribution in [1.29, 1.82) is 0 Å². The lowest BCUT2D eigenvalue weighted by Crippen LogP contribution is -2.46. The van der Waals surface area contributed by atoms with E-state index in [2.05, 4.69) is 51.7 Å². The molecular formula is C55H45N5O5. The first-order chi connectivity index (χ1) is 32.0. The molecule has 4 atom stereocenters. The van der Waals surface area contributed by atoms with Crippen LogP contribution < -0.4 is 5.32 Å². The molecule has 65 heavy (non-hydrogen) atoms. The van der Waals surface area contributed by atoms with Crippen molar-refractivity contribution in [3.8, 4) is 0 Å². The standard InChI is InChI=1S/C55H45N5O5/c61-48-49(65-55(43-30-16-5-17-31-43,44-32-18-6-19-33-44)45-34-20-7-21-35-45)47(37-63-54(40-24-10-2-11-25-40,41-26-12-3-13-27-41)42-28-14-4-15-29-42)64-52(48)60-38-57-46-36-56-53(58-50(46)60)59-51(62)39-22-8-1-9-23-39/h1-36,38,47-49,52,61H,37H2,(H,56,58,59,62)/t47-,48-,49-,52-/m1/s1. The first-order valence-electron chi connectivity index (χ1n) is 21.6. The highest BCUT2D eigenvalue weighted by Gasteiger charge is 2.52. The SMILES string of the molecule is O=C(Nc1ncc2ncn([C@@H]3O[C@H](COC(c4ccccc4)(c4ccccc4)c4ccccc4)[C@@H](OC(c4ccccc4)(c4ccccc4)c4ccccc4)[C@H]3O)c2n1)c1ccccc1. The second kappa shape index (κ2) is 18.2. The molecule has 3 heterocycles. The molecule has 2 aromatic heterocycles. The Morgan fingerprint density at radius 1 is 0.585 bits per heavy atom. The van der Waals surface area contributed by atoms with Crippen LogP contribution in [-0.2, 0) is 25.4 Å². The Morgan fingerprint density at radius 2 is 1.00 bits per heavy atom. The zero-order chi connectivity index (χ0) is 44.1. The van der Waals surface area contributed by atoms with Gasteiger partial charge in [0.15, 0.2) is 11.9 Å². The predicted molar refractivity (Wildman–Crippen MR) is 249 cm³/mol. The topological polar surface area (TPSA) is 121 Å². The summed E-state index contributed by atoms with van der Waals surface area (Å²) in [6, 6.07) is 69.4. The van der Waals surface area contributed by atoms with Gasteiger partial charge in [0.1, 0.15) is 35.0 Å². The molecule has 0 bridgehead atoms. The summed E-state index contributed by atoms with van der Waals surface area (Å²) in [5, 5.41) is 15.7. The number of aromatic nitrogens is 4. The minimum atomic E-state index is -1.30. The third kappa shape index (κ3) is 7.89. The number of aliphatic hydroxyl groups is 1. The number of hydrogen-bond acceptors (Lipinski definition) is 8. The average molecular weight is 856 g/mol. The fraction of sp³-hybridized carbons (Fsp3) is 0.127. The number of fused-ring (bicyclic) bond motifs is 1. The molecule has 0 radical (unpaired) electrons. The summed E-state index contributed by atoms with van der Waals surface area (Å²) >= 11 is 0. The Morgan fingerprint density at radius 3 is 1.45 bits per heavy atom. The van der Waals surface area contributed by atoms with Crippen molar-refractivity contribution >= 4 is 23.0 Å². The number of hydrogen-bond donors (Lipinski definition) is 2. The van der Waals surface area contributed by atoms with Crippen molar-refractivity contribution in [1.82, 2.24) is 19.5 Å². The highest BCUT2D eigenvalue weighted by Crippen LogP contribution is 2.47. The van der Waals surface area contributed by atoms with Crippen molar-refractivity contribution in [3.05, 3.63) is 264 Å². The number of rotatable bonds is 14. The molecule has 0 aliphatic carbocycles. The van der Waals surface area contributed by atoms with Gasteiger partial charge in [-0.3, -0.25) is 14.7 Å². The zero-order valence-electron chi connectivity index (χ0n) is 35.2. The van der Waals surface area contributed by atoms with Gasteiger partial charge in [0.2, 0.25) is 5.95 Å². The first kappa shape index (κ1) is 41.4. The molecule has 0 saturated carbocycles. The van der Waals surface area contributed by atoms with Gasteiger partial charge in [-0.1, -0.05) is 200 Å². The van der Waals surface area contributed by atoms with E-state index in [1.807, 2.05) is 152 Å². The predicted octanol–water partition coefficient (Wildman–Crippen LogP) is 9.72. The van der Waals surface area contributed by atoms with Crippen LogP contribution in [0, 0.1) is 0 Å². The van der Waals surface area contributed by atoms with Gasteiger partial charge in [-0.2, -0.15) is 4.98 Å². The largest absolute Gasteiger partial charge is 0.386 e. The molecule has 7 aromatic carbocycles. The summed E-state index contributed by atoms with van der Waals surface area (Å²) in [5.74, 6) is -0.292. The van der Waals surface area contributed by atoms with Crippen LogP contribution in [0.4, 0.5) is 5.95 Å². The van der Waals surface area contributed by atoms with Crippen molar-refractivity contribution in [3.63, 3.8) is 0 Å². The Kier molecular flexibility index (Phi) is 11.6. The average Bonchev–Trinajstić information content (AvgIpc) is 3.94. The lowest BCUT2D eigenvalue weighted by atomic mass is 9.79. The Labute approximate surface area is 376 Å². The van der Waals surface area contributed by atoms with E-state index in [9.17, 15) is 9.90 Å². The molecule has 1 aliphatic rings. The van der Waals surface area contributed by atoms with Gasteiger partial charge in [-0.25, -0.2) is 9.97 Å². The van der Waals surface area contributed by atoms with Crippen molar-refractivity contribution < 1.29 is 24.1 Å². The number of carbonyl (C=O) groups is 1. The second-order valence-electron chi connectivity index (χ2n) is 15.9. The van der Waals surface area contributed by atoms with Crippen LogP contribution in [-0.4, -0.2) is 55.5 Å². The van der Waals surface area contributed by atoms with Crippen molar-refractivity contribution in [2.75, 3.05) is 11.9 Å². The van der Waals surface area contributed by atoms with Crippen molar-refractivity contribution in [2.24, 2.45) is 0 Å². The van der Waals surface area contributed by atoms with Gasteiger partial charge in [0.05, 0.1) is 19.1 Å². The minimum Gasteiger partial charge on any atom is -0.386 e. The van der Waals surface area contributed by atoms with E-state index in [1.165, 1.54) is 6.20 Å². The monoisotopic (exact) mass is 855 g/mol. The smallest absolute Gasteiger partial charge is 0.258 e. The van der Waals surface area contributed by atoms with E-state index in [0.29, 0.717) is 16.7 Å². The third-order valence-electron chi connectivity index (χ3n) is 12.0. The lowest BCUT2D eigenvalue weighted by molar-refractivity contribution is -0.131. The second-order valence-corrected chi connectivity index (χ2v) is 15.9. The summed E-state index contributed by atoms with van der Waals surface area (Å²) < 4.78 is 23.8. The molecule has 0 unspecified atom stereocenters. The van der Waals surface area contributed by atoms with Gasteiger partial charge >= 0.3 is 0 Å². The number of nitrogens with zero attached hydrogens (tertiary/aromatic N) is 4. The molecule has 1 amide bonds. The van der Waals surface area contributed by atoms with Crippen LogP contribution in [0.1, 0.15) is 50.0 Å². The Balaban J connectivity index is 1.11. The van der Waals surface area contributed by atoms with Gasteiger partial charge in [-0.05, 0) is 45.5 Å². The summed E-state index contributed by atoms with van der Waals surface area (Å²) in [5.41, 5.74) is 4.25. The van der Waals surface area contributed by atoms with Gasteiger partial charge < -0.3 is 19.3 Å². The van der Waals surface area contributed by atoms with Crippen LogP contribution in [0.15, 0.2) is 225 Å².